The molecule has 61 heavy (non-hydrogen) atoms. The quantitative estimate of drug-likeness (QED) is 0.0337. The van der Waals surface area contributed by atoms with Crippen molar-refractivity contribution in [2.45, 2.75) is 102 Å². The molecule has 0 aliphatic heterocycles. The summed E-state index contributed by atoms with van der Waals surface area (Å²) in [5, 5.41) is 15.0. The second kappa shape index (κ2) is 21.5. The maximum atomic E-state index is 14.7. The van der Waals surface area contributed by atoms with Crippen molar-refractivity contribution in [2.75, 3.05) is 13.1 Å². The van der Waals surface area contributed by atoms with Crippen LogP contribution in [-0.4, -0.2) is 83.1 Å². The number of nitrogens with zero attached hydrogens (tertiary/aromatic N) is 1. The number of hydrogen-bond donors (Lipinski definition) is 9. The summed E-state index contributed by atoms with van der Waals surface area (Å²) in [5.41, 5.74) is 20.6. The molecule has 16 heteroatoms. The first-order valence-electron chi connectivity index (χ1n) is 20.8. The second-order valence-electron chi connectivity index (χ2n) is 15.7. The van der Waals surface area contributed by atoms with E-state index in [9.17, 15) is 28.8 Å². The van der Waals surface area contributed by atoms with E-state index in [-0.39, 0.29) is 56.9 Å². The zero-order valence-electron chi connectivity index (χ0n) is 34.9. The summed E-state index contributed by atoms with van der Waals surface area (Å²) < 4.78 is 0. The van der Waals surface area contributed by atoms with Crippen LogP contribution in [0.3, 0.4) is 0 Å². The first kappa shape index (κ1) is 45.4. The van der Waals surface area contributed by atoms with E-state index in [1.165, 1.54) is 0 Å². The van der Waals surface area contributed by atoms with Crippen molar-refractivity contribution < 1.29 is 28.8 Å². The maximum absolute atomic E-state index is 14.7. The molecule has 0 spiro atoms. The first-order valence-corrected chi connectivity index (χ1v) is 20.8. The lowest BCUT2D eigenvalue weighted by Crippen LogP contribution is -2.65. The van der Waals surface area contributed by atoms with E-state index < -0.39 is 59.7 Å². The van der Waals surface area contributed by atoms with E-state index >= 15 is 0 Å². The number of H-pyrrole nitrogens is 1. The zero-order valence-corrected chi connectivity index (χ0v) is 34.9. The number of hydrogen-bond acceptors (Lipinski definition) is 7. The molecule has 0 bridgehead atoms. The molecule has 12 N–H and O–H groups in total. The highest BCUT2D eigenvalue weighted by Crippen LogP contribution is 2.32. The van der Waals surface area contributed by atoms with Crippen molar-refractivity contribution in [1.82, 2.24) is 31.6 Å². The largest absolute Gasteiger partial charge is 0.370 e. The van der Waals surface area contributed by atoms with Gasteiger partial charge in [-0.1, -0.05) is 80.1 Å². The maximum Gasteiger partial charge on any atom is 0.246 e. The number of unbranched alkanes of at least 4 members (excludes halogenated alkanes) is 1. The van der Waals surface area contributed by atoms with Gasteiger partial charge in [-0.2, -0.15) is 0 Å². The number of aromatic nitrogens is 1. The molecule has 16 nitrogen and oxygen atoms in total. The lowest BCUT2D eigenvalue weighted by atomic mass is 9.75. The van der Waals surface area contributed by atoms with Gasteiger partial charge < -0.3 is 48.8 Å². The highest BCUT2D eigenvalue weighted by atomic mass is 16.2. The van der Waals surface area contributed by atoms with Gasteiger partial charge >= 0.3 is 0 Å². The summed E-state index contributed by atoms with van der Waals surface area (Å²) in [4.78, 5) is 89.2. The van der Waals surface area contributed by atoms with Crippen molar-refractivity contribution in [3.63, 3.8) is 0 Å². The zero-order chi connectivity index (χ0) is 43.9. The predicted octanol–water partition coefficient (Wildman–Crippen LogP) is 1.61. The molecule has 1 aliphatic carbocycles. The standard InChI is InChI=1S/C45H58N10O6/c1-3-4-19-39(57)55-45(21-20-32-28(2)12-10-15-30(32)25-45)43(61)54-36(23-29-13-6-5-7-14-29)42(60)52-35(18-11-22-49-44(47)48)41(59)53-37(40(58)51-27-38(46)56)24-31-26-50-34-17-9-8-16-33(31)34/h5-10,12-17,26,35-37,50H,3-4,11,18-25,27H2,1-2H3,(H2,46,56)(H,51,58)(H,52,60)(H,53,59)(H,54,61)(H,55,57)(H4,47,48,49)/t35-,36+,37-,45-/m0/s1. The Hall–Kier alpha value is -6.71. The van der Waals surface area contributed by atoms with Crippen molar-refractivity contribution in [3.05, 3.63) is 107 Å². The Kier molecular flexibility index (Phi) is 16.0. The Morgan fingerprint density at radius 3 is 2.25 bits per heavy atom. The van der Waals surface area contributed by atoms with Crippen LogP contribution < -0.4 is 43.8 Å². The topological polar surface area (TPSA) is 269 Å². The lowest BCUT2D eigenvalue weighted by Gasteiger charge is -2.39. The number of rotatable bonds is 21. The van der Waals surface area contributed by atoms with Gasteiger partial charge in [0, 0.05) is 49.3 Å². The van der Waals surface area contributed by atoms with Crippen LogP contribution in [0.2, 0.25) is 0 Å². The molecule has 6 amide bonds. The van der Waals surface area contributed by atoms with Crippen molar-refractivity contribution in [2.24, 2.45) is 22.2 Å². The number of primary amides is 1. The third kappa shape index (κ3) is 12.6. The van der Waals surface area contributed by atoms with Crippen LogP contribution >= 0.6 is 0 Å². The molecule has 0 radical (unpaired) electrons. The normalized spacial score (nSPS) is 15.9. The molecule has 5 rings (SSSR count). The Morgan fingerprint density at radius 2 is 1.51 bits per heavy atom. The number of guanidine groups is 1. The Bertz CT molecular complexity index is 2220. The van der Waals surface area contributed by atoms with Gasteiger partial charge in [-0.15, -0.1) is 0 Å². The lowest BCUT2D eigenvalue weighted by molar-refractivity contribution is -0.137. The number of para-hydroxylation sites is 1. The fourth-order valence-electron chi connectivity index (χ4n) is 7.76. The van der Waals surface area contributed by atoms with Crippen LogP contribution in [0.1, 0.15) is 73.3 Å². The first-order chi connectivity index (χ1) is 29.3. The fourth-order valence-corrected chi connectivity index (χ4v) is 7.76. The number of benzene rings is 3. The number of aromatic amines is 1. The van der Waals surface area contributed by atoms with E-state index in [0.29, 0.717) is 19.3 Å². The number of carbonyl (C=O) groups is 6. The molecule has 4 aromatic rings. The third-order valence-electron chi connectivity index (χ3n) is 11.0. The van der Waals surface area contributed by atoms with E-state index in [1.54, 1.807) is 6.20 Å². The summed E-state index contributed by atoms with van der Waals surface area (Å²) in [5.74, 6) is -3.69. The van der Waals surface area contributed by atoms with Gasteiger partial charge in [0.1, 0.15) is 23.7 Å². The van der Waals surface area contributed by atoms with Gasteiger partial charge in [-0.05, 0) is 72.9 Å². The summed E-state index contributed by atoms with van der Waals surface area (Å²) in [7, 11) is 0. The number of nitrogens with two attached hydrogens (primary N) is 3. The average molecular weight is 835 g/mol. The van der Waals surface area contributed by atoms with Crippen LogP contribution in [0.25, 0.3) is 10.9 Å². The van der Waals surface area contributed by atoms with Gasteiger partial charge in [0.05, 0.1) is 6.54 Å². The molecule has 0 saturated carbocycles. The summed E-state index contributed by atoms with van der Waals surface area (Å²) in [6.07, 6.45) is 4.96. The molecule has 1 aliphatic rings. The van der Waals surface area contributed by atoms with Gasteiger partial charge in [-0.25, -0.2) is 0 Å². The highest BCUT2D eigenvalue weighted by Gasteiger charge is 2.44. The summed E-state index contributed by atoms with van der Waals surface area (Å²) in [6, 6.07) is 18.9. The third-order valence-corrected chi connectivity index (χ3v) is 11.0. The molecule has 0 unspecified atom stereocenters. The van der Waals surface area contributed by atoms with Crippen molar-refractivity contribution in [1.29, 1.82) is 0 Å². The minimum atomic E-state index is -1.34. The minimum Gasteiger partial charge on any atom is -0.370 e. The molecular weight excluding hydrogens is 777 g/mol. The van der Waals surface area contributed by atoms with Crippen LogP contribution in [0, 0.1) is 6.92 Å². The molecule has 1 aromatic heterocycles. The molecule has 324 valence electrons. The number of fused-ring (bicyclic) bond motifs is 2. The smallest absolute Gasteiger partial charge is 0.246 e. The Labute approximate surface area is 355 Å². The number of nitrogens with one attached hydrogen (secondary N) is 6. The van der Waals surface area contributed by atoms with Gasteiger partial charge in [0.25, 0.3) is 0 Å². The average Bonchev–Trinajstić information content (AvgIpc) is 3.65. The minimum absolute atomic E-state index is 0.0381. The van der Waals surface area contributed by atoms with E-state index in [0.717, 1.165) is 45.1 Å². The van der Waals surface area contributed by atoms with Crippen LogP contribution in [0.15, 0.2) is 84.0 Å². The van der Waals surface area contributed by atoms with Crippen LogP contribution in [-0.2, 0) is 54.5 Å². The molecule has 3 aromatic carbocycles. The van der Waals surface area contributed by atoms with Crippen LogP contribution in [0.5, 0.6) is 0 Å². The predicted molar refractivity (Wildman–Crippen MR) is 234 cm³/mol. The Morgan fingerprint density at radius 1 is 0.803 bits per heavy atom. The van der Waals surface area contributed by atoms with Crippen molar-refractivity contribution >= 4 is 52.3 Å². The van der Waals surface area contributed by atoms with Gasteiger partial charge in [-0.3, -0.25) is 33.8 Å². The number of aryl methyl sites for hydroxylation is 1. The van der Waals surface area contributed by atoms with Gasteiger partial charge in [0.2, 0.25) is 35.4 Å². The van der Waals surface area contributed by atoms with E-state index in [4.69, 9.17) is 17.2 Å². The van der Waals surface area contributed by atoms with Crippen LogP contribution in [0.4, 0.5) is 0 Å². The van der Waals surface area contributed by atoms with E-state index in [2.05, 4.69) is 36.6 Å². The summed E-state index contributed by atoms with van der Waals surface area (Å²) in [6.45, 7) is 3.70. The Balaban J connectivity index is 1.44. The monoisotopic (exact) mass is 834 g/mol. The van der Waals surface area contributed by atoms with Crippen molar-refractivity contribution in [3.8, 4) is 0 Å². The SMILES string of the molecule is CCCCC(=O)N[C@@]1(C(=O)N[C@H](Cc2ccccc2)C(=O)N[C@@H](CCCN=C(N)N)C(=O)N[C@@H](Cc2c[nH]c3ccccc23)C(=O)NCC(N)=O)CCc2c(C)cccc2C1. The molecule has 0 saturated heterocycles. The van der Waals surface area contributed by atoms with Gasteiger partial charge in [0.15, 0.2) is 5.96 Å². The summed E-state index contributed by atoms with van der Waals surface area (Å²) >= 11 is 0. The highest BCUT2D eigenvalue weighted by molar-refractivity contribution is 5.98. The molecule has 4 atom stereocenters. The second-order valence-corrected chi connectivity index (χ2v) is 15.7. The number of amides is 6. The molecule has 1 heterocycles. The van der Waals surface area contributed by atoms with E-state index in [1.807, 2.05) is 86.6 Å². The fraction of sp³-hybridized carbons (Fsp3) is 0.400. The number of carbonyl (C=O) groups excluding carboxylic acids is 6. The number of aliphatic imine (C=N–C) groups is 1. The molecule has 0 fully saturated rings. The molecular formula is C45H58N10O6.